The van der Waals surface area contributed by atoms with Gasteiger partial charge < -0.3 is 9.30 Å². The summed E-state index contributed by atoms with van der Waals surface area (Å²) in [5, 5.41) is 0. The fraction of sp³-hybridized carbons (Fsp3) is 0.267. The summed E-state index contributed by atoms with van der Waals surface area (Å²) < 4.78 is 35.1. The summed E-state index contributed by atoms with van der Waals surface area (Å²) in [5.74, 6) is -0.568. The lowest BCUT2D eigenvalue weighted by atomic mass is 10.1. The van der Waals surface area contributed by atoms with Crippen molar-refractivity contribution in [1.82, 2.24) is 19.4 Å². The van der Waals surface area contributed by atoms with Crippen molar-refractivity contribution in [3.8, 4) is 22.6 Å². The summed E-state index contributed by atoms with van der Waals surface area (Å²) in [6, 6.07) is 17.4. The van der Waals surface area contributed by atoms with Gasteiger partial charge in [0.15, 0.2) is 17.3 Å². The zero-order chi connectivity index (χ0) is 28.0. The molecule has 2 aromatic heterocycles. The van der Waals surface area contributed by atoms with Crippen LogP contribution in [-0.4, -0.2) is 63.6 Å². The van der Waals surface area contributed by atoms with Gasteiger partial charge in [-0.1, -0.05) is 36.4 Å². The highest BCUT2D eigenvalue weighted by Crippen LogP contribution is 2.38. The molecule has 0 unspecified atom stereocenters. The number of rotatable bonds is 7. The number of halogens is 2. The van der Waals surface area contributed by atoms with Crippen molar-refractivity contribution >= 4 is 17.7 Å². The van der Waals surface area contributed by atoms with Gasteiger partial charge in [0.2, 0.25) is 5.96 Å². The molecule has 0 aliphatic carbocycles. The van der Waals surface area contributed by atoms with Crippen LogP contribution in [0.1, 0.15) is 29.9 Å². The first-order valence-corrected chi connectivity index (χ1v) is 13.0. The molecule has 0 radical (unpaired) electrons. The summed E-state index contributed by atoms with van der Waals surface area (Å²) in [7, 11) is 1.58. The average Bonchev–Trinajstić information content (AvgIpc) is 3.48. The standard InChI is InChI=1S/C30H28F2N6O2/c1-30(2)18-38-27-25(28(39)36(13-14-40-3)29(38)35-30)34-26(37(27)17-19-9-11-22(31)23(32)15-19)21-10-12-24(33-16-21)20-7-5-4-6-8-20/h4-12,15-16H,13-14,17-18H2,1-3H3. The minimum absolute atomic E-state index is 0.158. The van der Waals surface area contributed by atoms with Gasteiger partial charge in [-0.2, -0.15) is 0 Å². The predicted molar refractivity (Wildman–Crippen MR) is 148 cm³/mol. The third kappa shape index (κ3) is 4.54. The highest BCUT2D eigenvalue weighted by Gasteiger charge is 2.46. The second-order valence-corrected chi connectivity index (χ2v) is 10.5. The van der Waals surface area contributed by atoms with E-state index in [1.165, 1.54) is 12.1 Å². The van der Waals surface area contributed by atoms with Crippen molar-refractivity contribution in [2.45, 2.75) is 25.9 Å². The minimum Gasteiger partial charge on any atom is -0.383 e. The molecule has 0 fully saturated rings. The van der Waals surface area contributed by atoms with Gasteiger partial charge in [0.1, 0.15) is 11.6 Å². The quantitative estimate of drug-likeness (QED) is 0.329. The van der Waals surface area contributed by atoms with E-state index >= 15 is 0 Å². The number of aromatic nitrogens is 3. The highest BCUT2D eigenvalue weighted by molar-refractivity contribution is 6.18. The van der Waals surface area contributed by atoms with Crippen molar-refractivity contribution in [2.75, 3.05) is 31.7 Å². The predicted octanol–water partition coefficient (Wildman–Crippen LogP) is 5.00. The van der Waals surface area contributed by atoms with E-state index in [0.29, 0.717) is 48.4 Å². The van der Waals surface area contributed by atoms with E-state index in [1.807, 2.05) is 65.8 Å². The number of aliphatic imine (C=N–C) groups is 1. The Morgan fingerprint density at radius 1 is 1.00 bits per heavy atom. The van der Waals surface area contributed by atoms with Crippen LogP contribution in [0.25, 0.3) is 22.6 Å². The lowest BCUT2D eigenvalue weighted by Crippen LogP contribution is -2.52. The number of fused-ring (bicyclic) bond motifs is 3. The van der Waals surface area contributed by atoms with Gasteiger partial charge in [-0.3, -0.25) is 19.6 Å². The lowest BCUT2D eigenvalue weighted by molar-refractivity contribution is 0.0795. The molecule has 0 saturated heterocycles. The smallest absolute Gasteiger partial charge is 0.283 e. The molecule has 10 heteroatoms. The van der Waals surface area contributed by atoms with Crippen LogP contribution in [0.15, 0.2) is 71.9 Å². The average molecular weight is 543 g/mol. The fourth-order valence-corrected chi connectivity index (χ4v) is 5.16. The van der Waals surface area contributed by atoms with Crippen LogP contribution in [0.2, 0.25) is 0 Å². The van der Waals surface area contributed by atoms with E-state index in [0.717, 1.165) is 17.3 Å². The van der Waals surface area contributed by atoms with Crippen LogP contribution < -0.4 is 4.90 Å². The van der Waals surface area contributed by atoms with Gasteiger partial charge in [-0.15, -0.1) is 0 Å². The first kappa shape index (κ1) is 25.8. The molecule has 204 valence electrons. The second-order valence-electron chi connectivity index (χ2n) is 10.5. The molecule has 0 N–H and O–H groups in total. The van der Waals surface area contributed by atoms with Crippen LogP contribution in [0.4, 0.5) is 14.6 Å². The maximum Gasteiger partial charge on any atom is 0.283 e. The van der Waals surface area contributed by atoms with Crippen molar-refractivity contribution in [1.29, 1.82) is 0 Å². The molecule has 0 bridgehead atoms. The number of carbonyl (C=O) groups is 1. The Bertz CT molecular complexity index is 1620. The van der Waals surface area contributed by atoms with Crippen molar-refractivity contribution in [3.63, 3.8) is 0 Å². The number of hydrogen-bond donors (Lipinski definition) is 0. The third-order valence-corrected chi connectivity index (χ3v) is 7.01. The molecule has 2 aliphatic heterocycles. The number of carbonyl (C=O) groups excluding carboxylic acids is 1. The Balaban J connectivity index is 1.50. The van der Waals surface area contributed by atoms with E-state index in [-0.39, 0.29) is 18.1 Å². The van der Waals surface area contributed by atoms with Gasteiger partial charge in [-0.25, -0.2) is 18.8 Å². The molecule has 0 saturated carbocycles. The Hall–Kier alpha value is -4.44. The van der Waals surface area contributed by atoms with Gasteiger partial charge in [0.25, 0.3) is 5.91 Å². The zero-order valence-corrected chi connectivity index (χ0v) is 22.4. The van der Waals surface area contributed by atoms with E-state index in [4.69, 9.17) is 14.7 Å². The van der Waals surface area contributed by atoms with Crippen LogP contribution in [0.3, 0.4) is 0 Å². The minimum atomic E-state index is -0.937. The second kappa shape index (κ2) is 9.95. The topological polar surface area (TPSA) is 75.8 Å². The number of guanidine groups is 1. The summed E-state index contributed by atoms with van der Waals surface area (Å²) >= 11 is 0. The number of anilines is 1. The first-order chi connectivity index (χ1) is 19.3. The number of nitrogens with zero attached hydrogens (tertiary/aromatic N) is 6. The van der Waals surface area contributed by atoms with Gasteiger partial charge in [0, 0.05) is 24.4 Å². The van der Waals surface area contributed by atoms with E-state index in [1.54, 1.807) is 18.2 Å². The van der Waals surface area contributed by atoms with Gasteiger partial charge in [-0.05, 0) is 43.7 Å². The fourth-order valence-electron chi connectivity index (χ4n) is 5.16. The van der Waals surface area contributed by atoms with Crippen molar-refractivity contribution < 1.29 is 18.3 Å². The Kier molecular flexibility index (Phi) is 6.42. The molecule has 1 amide bonds. The van der Waals surface area contributed by atoms with Gasteiger partial charge >= 0.3 is 0 Å². The number of benzene rings is 2. The number of imidazole rings is 1. The molecule has 6 rings (SSSR count). The number of amides is 1. The lowest BCUT2D eigenvalue weighted by Gasteiger charge is -2.34. The van der Waals surface area contributed by atoms with Crippen LogP contribution in [-0.2, 0) is 11.3 Å². The van der Waals surface area contributed by atoms with Crippen molar-refractivity contribution in [3.05, 3.63) is 89.8 Å². The molecular weight excluding hydrogens is 514 g/mol. The molecule has 2 aliphatic rings. The highest BCUT2D eigenvalue weighted by atomic mass is 19.2. The Morgan fingerprint density at radius 2 is 1.80 bits per heavy atom. The zero-order valence-electron chi connectivity index (χ0n) is 22.4. The van der Waals surface area contributed by atoms with Crippen molar-refractivity contribution in [2.24, 2.45) is 4.99 Å². The molecule has 4 heterocycles. The number of pyridine rings is 1. The maximum absolute atomic E-state index is 14.2. The number of methoxy groups -OCH3 is 1. The van der Waals surface area contributed by atoms with E-state index < -0.39 is 17.2 Å². The molecule has 0 spiro atoms. The SMILES string of the molecule is COCCN1C(=O)c2nc(-c3ccc(-c4ccccc4)nc3)n(Cc3ccc(F)c(F)c3)c2N2CC(C)(C)N=C12. The molecule has 0 atom stereocenters. The summed E-state index contributed by atoms with van der Waals surface area (Å²) in [6.07, 6.45) is 1.72. The number of ether oxygens (including phenoxy) is 1. The largest absolute Gasteiger partial charge is 0.383 e. The maximum atomic E-state index is 14.2. The van der Waals surface area contributed by atoms with Crippen LogP contribution in [0, 0.1) is 11.6 Å². The third-order valence-electron chi connectivity index (χ3n) is 7.01. The summed E-state index contributed by atoms with van der Waals surface area (Å²) in [6.45, 7) is 5.33. The Morgan fingerprint density at radius 3 is 2.50 bits per heavy atom. The monoisotopic (exact) mass is 542 g/mol. The molecule has 8 nitrogen and oxygen atoms in total. The van der Waals surface area contributed by atoms with Crippen LogP contribution in [0.5, 0.6) is 0 Å². The molecule has 4 aromatic rings. The summed E-state index contributed by atoms with van der Waals surface area (Å²) in [4.78, 5) is 31.7. The van der Waals surface area contributed by atoms with Crippen LogP contribution >= 0.6 is 0 Å². The first-order valence-electron chi connectivity index (χ1n) is 13.0. The van der Waals surface area contributed by atoms with E-state index in [9.17, 15) is 13.6 Å². The summed E-state index contributed by atoms with van der Waals surface area (Å²) in [5.41, 5.74) is 2.79. The van der Waals surface area contributed by atoms with E-state index in [2.05, 4.69) is 4.98 Å². The molecule has 2 aromatic carbocycles. The normalized spacial score (nSPS) is 15.7. The Labute approximate surface area is 230 Å². The molecular formula is C30H28F2N6O2. The number of hydrogen-bond acceptors (Lipinski definition) is 6. The molecule has 40 heavy (non-hydrogen) atoms. The van der Waals surface area contributed by atoms with Gasteiger partial charge in [0.05, 0.1) is 37.5 Å².